The first-order valence-corrected chi connectivity index (χ1v) is 9.96. The first-order valence-electron chi connectivity index (χ1n) is 9.96. The van der Waals surface area contributed by atoms with E-state index in [1.54, 1.807) is 12.1 Å². The van der Waals surface area contributed by atoms with E-state index in [4.69, 9.17) is 4.42 Å². The number of hydrogen-bond acceptors (Lipinski definition) is 4. The zero-order valence-corrected chi connectivity index (χ0v) is 15.3. The van der Waals surface area contributed by atoms with Gasteiger partial charge in [-0.15, -0.1) is 0 Å². The van der Waals surface area contributed by atoms with Gasteiger partial charge >= 0.3 is 0 Å². The number of furan rings is 1. The van der Waals surface area contributed by atoms with Crippen molar-refractivity contribution in [1.29, 1.82) is 0 Å². The maximum atomic E-state index is 12.9. The van der Waals surface area contributed by atoms with Gasteiger partial charge in [0.05, 0.1) is 18.4 Å². The van der Waals surface area contributed by atoms with Crippen LogP contribution in [0.2, 0.25) is 0 Å². The second-order valence-electron chi connectivity index (χ2n) is 7.71. The summed E-state index contributed by atoms with van der Waals surface area (Å²) in [4.78, 5) is 25.3. The lowest BCUT2D eigenvalue weighted by Crippen LogP contribution is -2.52. The number of aliphatic hydroxyl groups excluding tert-OH is 1. The van der Waals surface area contributed by atoms with Crippen molar-refractivity contribution in [3.05, 3.63) is 24.2 Å². The van der Waals surface area contributed by atoms with Crippen LogP contribution in [0, 0.1) is 5.92 Å². The van der Waals surface area contributed by atoms with Gasteiger partial charge in [-0.3, -0.25) is 9.59 Å². The zero-order chi connectivity index (χ0) is 18.4. The molecule has 2 aliphatic carbocycles. The molecule has 0 spiro atoms. The molecule has 1 heterocycles. The zero-order valence-electron chi connectivity index (χ0n) is 15.3. The molecule has 3 N–H and O–H groups in total. The topological polar surface area (TPSA) is 91.6 Å². The molecule has 2 unspecified atom stereocenters. The Labute approximate surface area is 154 Å². The van der Waals surface area contributed by atoms with E-state index in [0.717, 1.165) is 44.9 Å². The Balaban J connectivity index is 1.64. The molecule has 26 heavy (non-hydrogen) atoms. The van der Waals surface area contributed by atoms with Crippen molar-refractivity contribution >= 4 is 11.8 Å². The summed E-state index contributed by atoms with van der Waals surface area (Å²) in [5.41, 5.74) is 0. The lowest BCUT2D eigenvalue weighted by molar-refractivity contribution is -0.125. The number of nitrogens with one attached hydrogen (secondary N) is 2. The smallest absolute Gasteiger partial charge is 0.287 e. The number of hydrogen-bond donors (Lipinski definition) is 3. The fraction of sp³-hybridized carbons (Fsp3) is 0.700. The summed E-state index contributed by atoms with van der Waals surface area (Å²) in [5, 5.41) is 16.1. The van der Waals surface area contributed by atoms with E-state index in [-0.39, 0.29) is 23.6 Å². The van der Waals surface area contributed by atoms with E-state index in [1.807, 2.05) is 0 Å². The molecule has 0 saturated heterocycles. The highest BCUT2D eigenvalue weighted by Gasteiger charge is 2.30. The summed E-state index contributed by atoms with van der Waals surface area (Å²) >= 11 is 0. The molecule has 3 atom stereocenters. The molecule has 0 bridgehead atoms. The Bertz CT molecular complexity index is 581. The summed E-state index contributed by atoms with van der Waals surface area (Å²) < 4.78 is 5.15. The fourth-order valence-electron chi connectivity index (χ4n) is 4.19. The first kappa shape index (κ1) is 19.0. The van der Waals surface area contributed by atoms with Crippen molar-refractivity contribution in [3.63, 3.8) is 0 Å². The molecule has 2 amide bonds. The van der Waals surface area contributed by atoms with Crippen LogP contribution in [0.15, 0.2) is 22.8 Å². The van der Waals surface area contributed by atoms with Crippen molar-refractivity contribution in [3.8, 4) is 0 Å². The van der Waals surface area contributed by atoms with E-state index < -0.39 is 12.1 Å². The minimum absolute atomic E-state index is 0.192. The van der Waals surface area contributed by atoms with Gasteiger partial charge in [0.2, 0.25) is 5.91 Å². The molecule has 6 nitrogen and oxygen atoms in total. The largest absolute Gasteiger partial charge is 0.459 e. The molecule has 144 valence electrons. The van der Waals surface area contributed by atoms with E-state index >= 15 is 0 Å². The van der Waals surface area contributed by atoms with Crippen molar-refractivity contribution in [1.82, 2.24) is 10.6 Å². The number of carbonyl (C=O) groups is 2. The molecule has 2 fully saturated rings. The maximum absolute atomic E-state index is 12.9. The number of rotatable bonds is 6. The Morgan fingerprint density at radius 3 is 2.58 bits per heavy atom. The van der Waals surface area contributed by atoms with Gasteiger partial charge in [-0.1, -0.05) is 44.9 Å². The van der Waals surface area contributed by atoms with Crippen LogP contribution < -0.4 is 10.6 Å². The van der Waals surface area contributed by atoms with Gasteiger partial charge in [0.15, 0.2) is 5.76 Å². The van der Waals surface area contributed by atoms with Crippen LogP contribution in [0.3, 0.4) is 0 Å². The van der Waals surface area contributed by atoms with Crippen LogP contribution in [0.5, 0.6) is 0 Å². The summed E-state index contributed by atoms with van der Waals surface area (Å²) in [6, 6.07) is 2.43. The summed E-state index contributed by atoms with van der Waals surface area (Å²) in [7, 11) is 0. The molecule has 3 rings (SSSR count). The number of aliphatic hydroxyl groups is 1. The Hall–Kier alpha value is -1.82. The minimum Gasteiger partial charge on any atom is -0.459 e. The highest BCUT2D eigenvalue weighted by Crippen LogP contribution is 2.29. The molecule has 2 saturated carbocycles. The summed E-state index contributed by atoms with van der Waals surface area (Å²) in [5.74, 6) is 0.114. The van der Waals surface area contributed by atoms with E-state index in [0.29, 0.717) is 12.3 Å². The first-order chi connectivity index (χ1) is 12.6. The predicted molar refractivity (Wildman–Crippen MR) is 97.6 cm³/mol. The van der Waals surface area contributed by atoms with Crippen molar-refractivity contribution in [2.75, 3.05) is 0 Å². The third kappa shape index (κ3) is 5.10. The number of carbonyl (C=O) groups excluding carboxylic acids is 2. The lowest BCUT2D eigenvalue weighted by atomic mass is 9.97. The molecular weight excluding hydrogens is 332 g/mol. The second-order valence-corrected chi connectivity index (χ2v) is 7.71. The molecule has 1 aromatic heterocycles. The molecule has 2 aliphatic rings. The third-order valence-corrected chi connectivity index (χ3v) is 5.72. The fourth-order valence-corrected chi connectivity index (χ4v) is 4.19. The highest BCUT2D eigenvalue weighted by molar-refractivity contribution is 5.95. The molecular formula is C20H30N2O4. The maximum Gasteiger partial charge on any atom is 0.287 e. The molecule has 6 heteroatoms. The van der Waals surface area contributed by atoms with Crippen LogP contribution in [0.4, 0.5) is 0 Å². The van der Waals surface area contributed by atoms with Gasteiger partial charge in [-0.25, -0.2) is 0 Å². The Kier molecular flexibility index (Phi) is 6.72. The number of amides is 2. The van der Waals surface area contributed by atoms with Gasteiger partial charge in [-0.05, 0) is 37.3 Å². The molecule has 0 aromatic carbocycles. The van der Waals surface area contributed by atoms with Crippen molar-refractivity contribution in [2.45, 2.75) is 82.4 Å². The van der Waals surface area contributed by atoms with Gasteiger partial charge < -0.3 is 20.2 Å². The van der Waals surface area contributed by atoms with Gasteiger partial charge in [-0.2, -0.15) is 0 Å². The van der Waals surface area contributed by atoms with E-state index in [1.165, 1.54) is 19.1 Å². The highest BCUT2D eigenvalue weighted by atomic mass is 16.3. The van der Waals surface area contributed by atoms with Crippen LogP contribution >= 0.6 is 0 Å². The van der Waals surface area contributed by atoms with Crippen molar-refractivity contribution < 1.29 is 19.1 Å². The normalized spacial score (nSPS) is 25.4. The SMILES string of the molecule is O=C(N[C@@H](CC1CCCC1)C(=O)NC1CCCCCC1O)c1ccco1. The Morgan fingerprint density at radius 2 is 1.85 bits per heavy atom. The van der Waals surface area contributed by atoms with E-state index in [9.17, 15) is 14.7 Å². The van der Waals surface area contributed by atoms with Gasteiger partial charge in [0.1, 0.15) is 6.04 Å². The van der Waals surface area contributed by atoms with Crippen LogP contribution in [0.1, 0.15) is 74.8 Å². The Morgan fingerprint density at radius 1 is 1.12 bits per heavy atom. The minimum atomic E-state index is -0.592. The monoisotopic (exact) mass is 362 g/mol. The van der Waals surface area contributed by atoms with E-state index in [2.05, 4.69) is 10.6 Å². The van der Waals surface area contributed by atoms with Gasteiger partial charge in [0, 0.05) is 0 Å². The predicted octanol–water partition coefficient (Wildman–Crippen LogP) is 2.77. The summed E-state index contributed by atoms with van der Waals surface area (Å²) in [6.45, 7) is 0. The third-order valence-electron chi connectivity index (χ3n) is 5.72. The standard InChI is InChI=1S/C20H30N2O4/c23-17-10-3-1-2-9-15(17)21-19(24)16(13-14-7-4-5-8-14)22-20(25)18-11-6-12-26-18/h6,11-12,14-17,23H,1-5,7-10,13H2,(H,21,24)(H,22,25)/t15?,16-,17?/m0/s1. The quantitative estimate of drug-likeness (QED) is 0.679. The van der Waals surface area contributed by atoms with Crippen LogP contribution in [0.25, 0.3) is 0 Å². The van der Waals surface area contributed by atoms with Crippen LogP contribution in [-0.2, 0) is 4.79 Å². The summed E-state index contributed by atoms with van der Waals surface area (Å²) in [6.07, 6.45) is 10.8. The second kappa shape index (κ2) is 9.21. The lowest BCUT2D eigenvalue weighted by Gasteiger charge is -2.26. The average Bonchev–Trinajstić information content (AvgIpc) is 3.30. The van der Waals surface area contributed by atoms with Gasteiger partial charge in [0.25, 0.3) is 5.91 Å². The molecule has 0 radical (unpaired) electrons. The van der Waals surface area contributed by atoms with Crippen LogP contribution in [-0.4, -0.2) is 35.1 Å². The van der Waals surface area contributed by atoms with Crippen molar-refractivity contribution in [2.24, 2.45) is 5.92 Å². The molecule has 0 aliphatic heterocycles. The average molecular weight is 362 g/mol. The molecule has 1 aromatic rings.